The normalized spacial score (nSPS) is 13.1. The Bertz CT molecular complexity index is 2250. The molecule has 14 heteroatoms. The topological polar surface area (TPSA) is 178 Å². The molecule has 298 valence electrons. The van der Waals surface area contributed by atoms with Gasteiger partial charge in [0.2, 0.25) is 5.91 Å². The number of hydrogen-bond donors (Lipinski definition) is 5. The van der Waals surface area contributed by atoms with Gasteiger partial charge in [-0.05, 0) is 47.4 Å². The van der Waals surface area contributed by atoms with E-state index in [-0.39, 0.29) is 17.7 Å². The predicted molar refractivity (Wildman–Crippen MR) is 221 cm³/mol. The molecule has 14 nitrogen and oxygen atoms in total. The summed E-state index contributed by atoms with van der Waals surface area (Å²) in [5.74, 6) is 1.68. The fourth-order valence-electron chi connectivity index (χ4n) is 6.54. The van der Waals surface area contributed by atoms with E-state index in [4.69, 9.17) is 24.7 Å². The maximum absolute atomic E-state index is 13.5. The van der Waals surface area contributed by atoms with E-state index < -0.39 is 11.9 Å². The van der Waals surface area contributed by atoms with Crippen molar-refractivity contribution in [2.45, 2.75) is 32.6 Å². The van der Waals surface area contributed by atoms with Crippen LogP contribution in [0.25, 0.3) is 10.8 Å². The fourth-order valence-corrected chi connectivity index (χ4v) is 6.54. The highest BCUT2D eigenvalue weighted by atomic mass is 16.5. The van der Waals surface area contributed by atoms with Gasteiger partial charge in [0.25, 0.3) is 5.91 Å². The van der Waals surface area contributed by atoms with Gasteiger partial charge < -0.3 is 45.9 Å². The Morgan fingerprint density at radius 3 is 2.33 bits per heavy atom. The van der Waals surface area contributed by atoms with Crippen molar-refractivity contribution in [3.8, 4) is 23.0 Å². The van der Waals surface area contributed by atoms with Crippen LogP contribution in [0.4, 0.5) is 27.7 Å². The van der Waals surface area contributed by atoms with E-state index in [2.05, 4.69) is 31.2 Å². The Balaban J connectivity index is 1.14. The number of carbonyl (C=O) groups excluding carboxylic acids is 3. The quantitative estimate of drug-likeness (QED) is 0.0804. The van der Waals surface area contributed by atoms with Gasteiger partial charge in [-0.1, -0.05) is 51.1 Å². The summed E-state index contributed by atoms with van der Waals surface area (Å²) in [6.45, 7) is 10.5. The molecule has 6 rings (SSSR count). The second kappa shape index (κ2) is 18.0. The molecular formula is C43H49N7O7. The SMILES string of the molecule is COc1cc(Nc2cc(Oc3ccc(NC(=O)Nc4cc(C(C)(C)C)cc(CC(N)=O)c4OC)c4ccccc34)ccn2)ccc1C(=O)NCCN1CCOCC1. The predicted octanol–water partition coefficient (Wildman–Crippen LogP) is 6.82. The van der Waals surface area contributed by atoms with Gasteiger partial charge in [-0.15, -0.1) is 0 Å². The lowest BCUT2D eigenvalue weighted by atomic mass is 9.85. The van der Waals surface area contributed by atoms with E-state index in [0.717, 1.165) is 36.0 Å². The molecule has 0 unspecified atom stereocenters. The molecule has 1 aliphatic heterocycles. The molecule has 4 amide bonds. The Morgan fingerprint density at radius 2 is 1.61 bits per heavy atom. The fraction of sp³-hybridized carbons (Fsp3) is 0.302. The molecule has 0 bridgehead atoms. The Morgan fingerprint density at radius 1 is 0.860 bits per heavy atom. The lowest BCUT2D eigenvalue weighted by Crippen LogP contribution is -2.41. The Kier molecular flexibility index (Phi) is 12.8. The van der Waals surface area contributed by atoms with Crippen molar-refractivity contribution < 1.29 is 33.3 Å². The van der Waals surface area contributed by atoms with Gasteiger partial charge in [-0.3, -0.25) is 14.5 Å². The second-order valence-corrected chi connectivity index (χ2v) is 14.6. The van der Waals surface area contributed by atoms with Crippen LogP contribution in [0.2, 0.25) is 0 Å². The first-order chi connectivity index (χ1) is 27.4. The maximum Gasteiger partial charge on any atom is 0.323 e. The van der Waals surface area contributed by atoms with Crippen LogP contribution in [-0.4, -0.2) is 81.3 Å². The summed E-state index contributed by atoms with van der Waals surface area (Å²) in [4.78, 5) is 45.1. The maximum atomic E-state index is 13.5. The summed E-state index contributed by atoms with van der Waals surface area (Å²) in [5.41, 5.74) is 8.83. The molecule has 0 aliphatic carbocycles. The number of ether oxygens (including phenoxy) is 4. The van der Waals surface area contributed by atoms with Crippen molar-refractivity contribution in [1.29, 1.82) is 0 Å². The first-order valence-corrected chi connectivity index (χ1v) is 18.7. The molecule has 0 radical (unpaired) electrons. The van der Waals surface area contributed by atoms with Crippen LogP contribution in [0.15, 0.2) is 85.1 Å². The minimum Gasteiger partial charge on any atom is -0.496 e. The molecule has 1 saturated heterocycles. The third-order valence-corrected chi connectivity index (χ3v) is 9.48. The Hall–Kier alpha value is -6.38. The monoisotopic (exact) mass is 775 g/mol. The smallest absolute Gasteiger partial charge is 0.323 e. The number of carbonyl (C=O) groups is 3. The molecule has 1 aromatic heterocycles. The number of nitrogens with two attached hydrogens (primary N) is 1. The highest BCUT2D eigenvalue weighted by Gasteiger charge is 2.22. The summed E-state index contributed by atoms with van der Waals surface area (Å²) in [6, 6.07) is 23.1. The lowest BCUT2D eigenvalue weighted by molar-refractivity contribution is -0.117. The van der Waals surface area contributed by atoms with E-state index in [9.17, 15) is 14.4 Å². The largest absolute Gasteiger partial charge is 0.496 e. The van der Waals surface area contributed by atoms with Crippen molar-refractivity contribution in [2.75, 3.05) is 69.6 Å². The van der Waals surface area contributed by atoms with E-state index >= 15 is 0 Å². The van der Waals surface area contributed by atoms with Gasteiger partial charge in [0.15, 0.2) is 0 Å². The second-order valence-electron chi connectivity index (χ2n) is 14.6. The number of morpholine rings is 1. The molecule has 2 heterocycles. The van der Waals surface area contributed by atoms with Gasteiger partial charge >= 0.3 is 6.03 Å². The number of hydrogen-bond acceptors (Lipinski definition) is 10. The zero-order valence-electron chi connectivity index (χ0n) is 32.9. The molecule has 5 aromatic rings. The number of primary amides is 1. The number of anilines is 4. The van der Waals surface area contributed by atoms with Crippen LogP contribution in [0.1, 0.15) is 42.3 Å². The number of amides is 4. The number of nitrogens with one attached hydrogen (secondary N) is 4. The van der Waals surface area contributed by atoms with Crippen LogP contribution < -0.4 is 41.2 Å². The van der Waals surface area contributed by atoms with Gasteiger partial charge in [-0.25, -0.2) is 9.78 Å². The zero-order chi connectivity index (χ0) is 40.5. The molecule has 0 spiro atoms. The number of urea groups is 1. The number of aromatic nitrogens is 1. The van der Waals surface area contributed by atoms with Gasteiger partial charge in [-0.2, -0.15) is 0 Å². The summed E-state index contributed by atoms with van der Waals surface area (Å²) in [5, 5.41) is 13.6. The molecule has 4 aromatic carbocycles. The zero-order valence-corrected chi connectivity index (χ0v) is 32.9. The lowest BCUT2D eigenvalue weighted by Gasteiger charge is -2.26. The number of benzene rings is 4. The summed E-state index contributed by atoms with van der Waals surface area (Å²) >= 11 is 0. The third kappa shape index (κ3) is 10.3. The number of pyridine rings is 1. The van der Waals surface area contributed by atoms with Gasteiger partial charge in [0.05, 0.1) is 50.8 Å². The van der Waals surface area contributed by atoms with Crippen LogP contribution in [-0.2, 0) is 21.4 Å². The van der Waals surface area contributed by atoms with Crippen LogP contribution in [0.3, 0.4) is 0 Å². The molecule has 57 heavy (non-hydrogen) atoms. The minimum absolute atomic E-state index is 0.0386. The summed E-state index contributed by atoms with van der Waals surface area (Å²) in [6.07, 6.45) is 1.59. The van der Waals surface area contributed by atoms with Crippen molar-refractivity contribution in [2.24, 2.45) is 5.73 Å². The number of fused-ring (bicyclic) bond motifs is 1. The minimum atomic E-state index is -0.508. The van der Waals surface area contributed by atoms with Crippen molar-refractivity contribution in [3.63, 3.8) is 0 Å². The van der Waals surface area contributed by atoms with Crippen LogP contribution >= 0.6 is 0 Å². The average molecular weight is 776 g/mol. The highest BCUT2D eigenvalue weighted by molar-refractivity contribution is 6.08. The molecule has 1 fully saturated rings. The van der Waals surface area contributed by atoms with Gasteiger partial charge in [0, 0.05) is 66.5 Å². The van der Waals surface area contributed by atoms with Crippen LogP contribution in [0.5, 0.6) is 23.0 Å². The number of nitrogens with zero attached hydrogens (tertiary/aromatic N) is 2. The summed E-state index contributed by atoms with van der Waals surface area (Å²) < 4.78 is 23.0. The number of rotatable bonds is 14. The molecule has 1 aliphatic rings. The van der Waals surface area contributed by atoms with Crippen molar-refractivity contribution >= 4 is 51.5 Å². The van der Waals surface area contributed by atoms with E-state index in [1.165, 1.54) is 14.2 Å². The first kappa shape index (κ1) is 40.3. The summed E-state index contributed by atoms with van der Waals surface area (Å²) in [7, 11) is 3.01. The molecule has 6 N–H and O–H groups in total. The Labute approximate surface area is 332 Å². The van der Waals surface area contributed by atoms with Gasteiger partial charge in [0.1, 0.15) is 28.8 Å². The van der Waals surface area contributed by atoms with E-state index in [1.807, 2.05) is 57.2 Å². The van der Waals surface area contributed by atoms with Crippen molar-refractivity contribution in [1.82, 2.24) is 15.2 Å². The molecule has 0 atom stereocenters. The standard InChI is InChI=1S/C43H49N7O7/c1-43(2,3)28-22-27(23-38(44)51)40(55-5)35(24-28)49-42(53)48-34-12-13-36(32-9-7-6-8-31(32)34)57-30-14-15-45-39(26-30)47-29-10-11-33(37(25-29)54-4)41(52)46-16-17-50-18-20-56-21-19-50/h6-15,22,24-26H,16-21,23H2,1-5H3,(H2,44,51)(H,45,47)(H,46,52)(H2,48,49,53). The first-order valence-electron chi connectivity index (χ1n) is 18.7. The average Bonchev–Trinajstić information content (AvgIpc) is 3.18. The van der Waals surface area contributed by atoms with E-state index in [0.29, 0.717) is 76.8 Å². The third-order valence-electron chi connectivity index (χ3n) is 9.48. The number of methoxy groups -OCH3 is 2. The molecular weight excluding hydrogens is 727 g/mol. The molecule has 0 saturated carbocycles. The highest BCUT2D eigenvalue weighted by Crippen LogP contribution is 2.38. The van der Waals surface area contributed by atoms with Crippen molar-refractivity contribution in [3.05, 3.63) is 102 Å². The van der Waals surface area contributed by atoms with Crippen LogP contribution in [0, 0.1) is 0 Å². The van der Waals surface area contributed by atoms with E-state index in [1.54, 1.807) is 48.7 Å².